The smallest absolute Gasteiger partial charge is 0.222 e. The molecule has 1 unspecified atom stereocenters. The van der Waals surface area contributed by atoms with Crippen molar-refractivity contribution in [1.82, 2.24) is 0 Å². The van der Waals surface area contributed by atoms with Gasteiger partial charge in [0.2, 0.25) is 5.90 Å². The predicted molar refractivity (Wildman–Crippen MR) is 87.4 cm³/mol. The summed E-state index contributed by atoms with van der Waals surface area (Å²) in [7, 11) is 0. The highest BCUT2D eigenvalue weighted by Crippen LogP contribution is 2.41. The molecule has 3 nitrogen and oxygen atoms in total. The summed E-state index contributed by atoms with van der Waals surface area (Å²) in [5.74, 6) is 0.243. The Balaban J connectivity index is 2.07. The van der Waals surface area contributed by atoms with Crippen LogP contribution < -0.4 is 0 Å². The monoisotopic (exact) mass is 311 g/mol. The number of benzene rings is 2. The minimum Gasteiger partial charge on any atom is -0.466 e. The van der Waals surface area contributed by atoms with Gasteiger partial charge in [0.15, 0.2) is 0 Å². The molecule has 0 radical (unpaired) electrons. The molecule has 4 heteroatoms. The van der Waals surface area contributed by atoms with Gasteiger partial charge in [-0.1, -0.05) is 18.2 Å². The van der Waals surface area contributed by atoms with E-state index in [-0.39, 0.29) is 11.6 Å². The lowest BCUT2D eigenvalue weighted by Gasteiger charge is -2.35. The number of ether oxygens (including phenoxy) is 1. The fourth-order valence-electron chi connectivity index (χ4n) is 2.73. The Morgan fingerprint density at radius 2 is 1.96 bits per heavy atom. The lowest BCUT2D eigenvalue weighted by molar-refractivity contribution is -0.118. The Bertz CT molecular complexity index is 770. The van der Waals surface area contributed by atoms with E-state index in [0.29, 0.717) is 30.0 Å². The Kier molecular flexibility index (Phi) is 3.99. The average molecular weight is 311 g/mol. The number of nitrogens with zero attached hydrogens (tertiary/aromatic N) is 1. The molecule has 1 aliphatic heterocycles. The minimum absolute atomic E-state index is 0.0801. The van der Waals surface area contributed by atoms with Crippen LogP contribution in [-0.2, 0) is 15.1 Å². The second-order valence-electron chi connectivity index (χ2n) is 5.98. The standard InChI is InChI=1S/C19H18FNO2/c1-13(22)10-11-19(2)16-12-15(20)8-9-17(16)21-18(23-19)14-6-4-3-5-7-14/h3-9,12H,10-11H2,1-2H3. The fourth-order valence-corrected chi connectivity index (χ4v) is 2.73. The van der Waals surface area contributed by atoms with Gasteiger partial charge >= 0.3 is 0 Å². The first kappa shape index (κ1) is 15.4. The summed E-state index contributed by atoms with van der Waals surface area (Å²) in [6, 6.07) is 14.1. The summed E-state index contributed by atoms with van der Waals surface area (Å²) in [5.41, 5.74) is 1.44. The van der Waals surface area contributed by atoms with Crippen molar-refractivity contribution in [3.8, 4) is 0 Å². The summed E-state index contributed by atoms with van der Waals surface area (Å²) in [5, 5.41) is 0. The van der Waals surface area contributed by atoms with Gasteiger partial charge in [-0.2, -0.15) is 0 Å². The Hall–Kier alpha value is -2.49. The van der Waals surface area contributed by atoms with Gasteiger partial charge in [-0.15, -0.1) is 0 Å². The maximum absolute atomic E-state index is 13.7. The second kappa shape index (κ2) is 5.95. The van der Waals surface area contributed by atoms with E-state index >= 15 is 0 Å². The average Bonchev–Trinajstić information content (AvgIpc) is 2.54. The summed E-state index contributed by atoms with van der Waals surface area (Å²) in [6.07, 6.45) is 0.846. The van der Waals surface area contributed by atoms with E-state index in [9.17, 15) is 9.18 Å². The number of aliphatic imine (C=N–C) groups is 1. The third-order valence-electron chi connectivity index (χ3n) is 4.05. The topological polar surface area (TPSA) is 38.7 Å². The lowest BCUT2D eigenvalue weighted by atomic mass is 9.87. The number of rotatable bonds is 4. The molecule has 2 aromatic carbocycles. The number of Topliss-reactive ketones (excluding diaryl/α,β-unsaturated/α-hetero) is 1. The highest BCUT2D eigenvalue weighted by atomic mass is 19.1. The van der Waals surface area contributed by atoms with Crippen molar-refractivity contribution in [2.45, 2.75) is 32.3 Å². The van der Waals surface area contributed by atoms with Crippen molar-refractivity contribution < 1.29 is 13.9 Å². The van der Waals surface area contributed by atoms with E-state index < -0.39 is 5.60 Å². The summed E-state index contributed by atoms with van der Waals surface area (Å²) >= 11 is 0. The minimum atomic E-state index is -0.782. The first-order chi connectivity index (χ1) is 11.0. The molecule has 0 amide bonds. The van der Waals surface area contributed by atoms with Crippen molar-refractivity contribution >= 4 is 17.4 Å². The Morgan fingerprint density at radius 1 is 1.22 bits per heavy atom. The summed E-state index contributed by atoms with van der Waals surface area (Å²) < 4.78 is 19.8. The zero-order valence-electron chi connectivity index (χ0n) is 13.2. The Morgan fingerprint density at radius 3 is 2.65 bits per heavy atom. The van der Waals surface area contributed by atoms with Crippen LogP contribution >= 0.6 is 0 Å². The van der Waals surface area contributed by atoms with Gasteiger partial charge in [0.05, 0.1) is 5.69 Å². The van der Waals surface area contributed by atoms with Gasteiger partial charge in [0.1, 0.15) is 17.2 Å². The van der Waals surface area contributed by atoms with E-state index in [1.807, 2.05) is 37.3 Å². The van der Waals surface area contributed by atoms with Crippen LogP contribution in [0.1, 0.15) is 37.8 Å². The maximum atomic E-state index is 13.7. The molecule has 0 fully saturated rings. The van der Waals surface area contributed by atoms with Crippen LogP contribution in [0.5, 0.6) is 0 Å². The molecular weight excluding hydrogens is 293 g/mol. The summed E-state index contributed by atoms with van der Waals surface area (Å²) in [6.45, 7) is 3.43. The molecule has 1 aliphatic rings. The molecule has 0 bridgehead atoms. The van der Waals surface area contributed by atoms with E-state index in [4.69, 9.17) is 4.74 Å². The lowest BCUT2D eigenvalue weighted by Crippen LogP contribution is -2.33. The van der Waals surface area contributed by atoms with E-state index in [2.05, 4.69) is 4.99 Å². The van der Waals surface area contributed by atoms with Crippen molar-refractivity contribution in [3.05, 3.63) is 65.5 Å². The molecular formula is C19H18FNO2. The third-order valence-corrected chi connectivity index (χ3v) is 4.05. The summed E-state index contributed by atoms with van der Waals surface area (Å²) in [4.78, 5) is 15.9. The zero-order valence-corrected chi connectivity index (χ0v) is 13.2. The molecule has 23 heavy (non-hydrogen) atoms. The maximum Gasteiger partial charge on any atom is 0.222 e. The Labute approximate surface area is 134 Å². The van der Waals surface area contributed by atoms with E-state index in [1.165, 1.54) is 12.1 Å². The molecule has 1 heterocycles. The van der Waals surface area contributed by atoms with Crippen LogP contribution in [0.3, 0.4) is 0 Å². The molecule has 0 N–H and O–H groups in total. The first-order valence-corrected chi connectivity index (χ1v) is 7.60. The van der Waals surface area contributed by atoms with Crippen LogP contribution in [0.2, 0.25) is 0 Å². The van der Waals surface area contributed by atoms with Gasteiger partial charge in [0.25, 0.3) is 0 Å². The van der Waals surface area contributed by atoms with Gasteiger partial charge < -0.3 is 9.53 Å². The SMILES string of the molecule is CC(=O)CCC1(C)OC(c2ccccc2)=Nc2ccc(F)cc21. The molecule has 2 aromatic rings. The largest absolute Gasteiger partial charge is 0.466 e. The second-order valence-corrected chi connectivity index (χ2v) is 5.98. The highest BCUT2D eigenvalue weighted by molar-refractivity contribution is 5.97. The van der Waals surface area contributed by atoms with Crippen molar-refractivity contribution in [3.63, 3.8) is 0 Å². The van der Waals surface area contributed by atoms with Gasteiger partial charge in [-0.3, -0.25) is 0 Å². The number of ketones is 1. The van der Waals surface area contributed by atoms with Crippen LogP contribution in [0.4, 0.5) is 10.1 Å². The zero-order chi connectivity index (χ0) is 16.4. The van der Waals surface area contributed by atoms with Crippen LogP contribution in [0.15, 0.2) is 53.5 Å². The molecule has 1 atom stereocenters. The predicted octanol–water partition coefficient (Wildman–Crippen LogP) is 4.52. The quantitative estimate of drug-likeness (QED) is 0.832. The molecule has 0 spiro atoms. The van der Waals surface area contributed by atoms with E-state index in [0.717, 1.165) is 5.56 Å². The van der Waals surface area contributed by atoms with Gasteiger partial charge in [0, 0.05) is 17.5 Å². The number of hydrogen-bond donors (Lipinski definition) is 0. The van der Waals surface area contributed by atoms with Gasteiger partial charge in [-0.25, -0.2) is 9.38 Å². The van der Waals surface area contributed by atoms with Gasteiger partial charge in [-0.05, 0) is 50.6 Å². The normalized spacial score (nSPS) is 19.5. The van der Waals surface area contributed by atoms with Crippen molar-refractivity contribution in [1.29, 1.82) is 0 Å². The van der Waals surface area contributed by atoms with Crippen LogP contribution in [0, 0.1) is 5.82 Å². The van der Waals surface area contributed by atoms with Crippen LogP contribution in [0.25, 0.3) is 0 Å². The van der Waals surface area contributed by atoms with Crippen LogP contribution in [-0.4, -0.2) is 11.7 Å². The fraction of sp³-hybridized carbons (Fsp3) is 0.263. The van der Waals surface area contributed by atoms with Crippen molar-refractivity contribution in [2.24, 2.45) is 4.99 Å². The molecule has 118 valence electrons. The molecule has 0 aromatic heterocycles. The molecule has 0 aliphatic carbocycles. The first-order valence-electron chi connectivity index (χ1n) is 7.60. The number of carbonyl (C=O) groups is 1. The third kappa shape index (κ3) is 3.16. The number of halogens is 1. The molecule has 0 saturated carbocycles. The van der Waals surface area contributed by atoms with Crippen molar-refractivity contribution in [2.75, 3.05) is 0 Å². The number of fused-ring (bicyclic) bond motifs is 1. The highest BCUT2D eigenvalue weighted by Gasteiger charge is 2.36. The number of carbonyl (C=O) groups excluding carboxylic acids is 1. The molecule has 0 saturated heterocycles. The number of hydrogen-bond acceptors (Lipinski definition) is 3. The molecule has 3 rings (SSSR count). The van der Waals surface area contributed by atoms with E-state index in [1.54, 1.807) is 13.0 Å².